The van der Waals surface area contributed by atoms with Crippen LogP contribution in [0.4, 0.5) is 5.95 Å². The predicted molar refractivity (Wildman–Crippen MR) is 79.9 cm³/mol. The Morgan fingerprint density at radius 3 is 2.75 bits per heavy atom. The molecule has 0 amide bonds. The molecule has 1 aromatic heterocycles. The van der Waals surface area contributed by atoms with E-state index < -0.39 is 0 Å². The number of anilines is 1. The van der Waals surface area contributed by atoms with Crippen molar-refractivity contribution in [2.75, 3.05) is 31.1 Å². The molecule has 0 unspecified atom stereocenters. The number of aryl methyl sites for hydroxylation is 1. The number of likely N-dealkylation sites (tertiary alicyclic amines) is 1. The maximum Gasteiger partial charge on any atom is 0.225 e. The Hall–Kier alpha value is -1.16. The zero-order valence-corrected chi connectivity index (χ0v) is 12.4. The SMILES string of the molecule is Cc1cnc(N2CC[C@@]3(CCCN3CC3CC3)C2)nc1. The van der Waals surface area contributed by atoms with Gasteiger partial charge in [0.2, 0.25) is 5.95 Å². The van der Waals surface area contributed by atoms with Gasteiger partial charge in [0.25, 0.3) is 0 Å². The van der Waals surface area contributed by atoms with Crippen LogP contribution in [-0.4, -0.2) is 46.6 Å². The highest BCUT2D eigenvalue weighted by Crippen LogP contribution is 2.41. The summed E-state index contributed by atoms with van der Waals surface area (Å²) in [4.78, 5) is 14.2. The van der Waals surface area contributed by atoms with E-state index in [-0.39, 0.29) is 0 Å². The van der Waals surface area contributed by atoms with Gasteiger partial charge in [0.1, 0.15) is 0 Å². The molecule has 0 bridgehead atoms. The fourth-order valence-corrected chi connectivity index (χ4v) is 3.93. The zero-order chi connectivity index (χ0) is 13.6. The maximum absolute atomic E-state index is 4.51. The Kier molecular flexibility index (Phi) is 2.95. The smallest absolute Gasteiger partial charge is 0.225 e. The van der Waals surface area contributed by atoms with Crippen LogP contribution in [0.25, 0.3) is 0 Å². The van der Waals surface area contributed by atoms with E-state index in [1.807, 2.05) is 19.3 Å². The summed E-state index contributed by atoms with van der Waals surface area (Å²) in [6.07, 6.45) is 10.8. The quantitative estimate of drug-likeness (QED) is 0.845. The summed E-state index contributed by atoms with van der Waals surface area (Å²) in [6.45, 7) is 6.93. The largest absolute Gasteiger partial charge is 0.339 e. The van der Waals surface area contributed by atoms with Gasteiger partial charge in [-0.2, -0.15) is 0 Å². The minimum absolute atomic E-state index is 0.427. The van der Waals surface area contributed by atoms with Crippen molar-refractivity contribution in [3.63, 3.8) is 0 Å². The fraction of sp³-hybridized carbons (Fsp3) is 0.750. The van der Waals surface area contributed by atoms with E-state index in [9.17, 15) is 0 Å². The molecule has 0 N–H and O–H groups in total. The second kappa shape index (κ2) is 4.69. The van der Waals surface area contributed by atoms with E-state index in [0.29, 0.717) is 5.54 Å². The lowest BCUT2D eigenvalue weighted by Gasteiger charge is -2.35. The highest BCUT2D eigenvalue weighted by Gasteiger charge is 2.47. The summed E-state index contributed by atoms with van der Waals surface area (Å²) in [6, 6.07) is 0. The van der Waals surface area contributed by atoms with Crippen LogP contribution < -0.4 is 4.90 Å². The first-order chi connectivity index (χ1) is 9.75. The molecule has 2 aliphatic heterocycles. The Morgan fingerprint density at radius 2 is 2.00 bits per heavy atom. The normalized spacial score (nSPS) is 30.6. The number of hydrogen-bond donors (Lipinski definition) is 0. The van der Waals surface area contributed by atoms with Crippen molar-refractivity contribution in [2.24, 2.45) is 5.92 Å². The minimum atomic E-state index is 0.427. The molecular formula is C16H24N4. The van der Waals surface area contributed by atoms with Gasteiger partial charge in [-0.25, -0.2) is 9.97 Å². The summed E-state index contributed by atoms with van der Waals surface area (Å²) in [5, 5.41) is 0. The Balaban J connectivity index is 1.49. The van der Waals surface area contributed by atoms with Gasteiger partial charge in [-0.1, -0.05) is 0 Å². The molecule has 1 spiro atoms. The van der Waals surface area contributed by atoms with Crippen molar-refractivity contribution in [2.45, 2.75) is 44.6 Å². The van der Waals surface area contributed by atoms with E-state index in [2.05, 4.69) is 19.8 Å². The molecule has 4 nitrogen and oxygen atoms in total. The Labute approximate surface area is 121 Å². The summed E-state index contributed by atoms with van der Waals surface area (Å²) in [5.74, 6) is 1.92. The fourth-order valence-electron chi connectivity index (χ4n) is 3.93. The number of nitrogens with zero attached hydrogens (tertiary/aromatic N) is 4. The zero-order valence-electron chi connectivity index (χ0n) is 12.4. The van der Waals surface area contributed by atoms with Gasteiger partial charge in [0.05, 0.1) is 0 Å². The van der Waals surface area contributed by atoms with Crippen LogP contribution in [0.5, 0.6) is 0 Å². The first-order valence-corrected chi connectivity index (χ1v) is 8.04. The van der Waals surface area contributed by atoms with Gasteiger partial charge < -0.3 is 4.90 Å². The molecule has 0 radical (unpaired) electrons. The molecule has 4 rings (SSSR count). The van der Waals surface area contributed by atoms with Crippen molar-refractivity contribution >= 4 is 5.95 Å². The third kappa shape index (κ3) is 2.20. The monoisotopic (exact) mass is 272 g/mol. The van der Waals surface area contributed by atoms with E-state index in [1.165, 1.54) is 45.2 Å². The molecule has 20 heavy (non-hydrogen) atoms. The lowest BCUT2D eigenvalue weighted by atomic mass is 9.95. The maximum atomic E-state index is 4.51. The van der Waals surface area contributed by atoms with Gasteiger partial charge in [0, 0.05) is 37.6 Å². The average Bonchev–Trinajstić information content (AvgIpc) is 3.04. The standard InChI is InChI=1S/C16H24N4/c1-13-9-17-15(18-10-13)19-8-6-16(12-19)5-2-7-20(16)11-14-3-4-14/h9-10,14H,2-8,11-12H2,1H3/t16-/m0/s1. The third-order valence-electron chi connectivity index (χ3n) is 5.30. The summed E-state index contributed by atoms with van der Waals surface area (Å²) >= 11 is 0. The molecule has 4 heteroatoms. The van der Waals surface area contributed by atoms with E-state index >= 15 is 0 Å². The summed E-state index contributed by atoms with van der Waals surface area (Å²) in [5.41, 5.74) is 1.57. The predicted octanol–water partition coefficient (Wildman–Crippen LogP) is 2.24. The van der Waals surface area contributed by atoms with E-state index in [4.69, 9.17) is 0 Å². The molecular weight excluding hydrogens is 248 g/mol. The van der Waals surface area contributed by atoms with Crippen molar-refractivity contribution in [3.05, 3.63) is 18.0 Å². The molecule has 3 fully saturated rings. The van der Waals surface area contributed by atoms with Crippen molar-refractivity contribution in [1.29, 1.82) is 0 Å². The molecule has 108 valence electrons. The van der Waals surface area contributed by atoms with Crippen LogP contribution in [0.2, 0.25) is 0 Å². The lowest BCUT2D eigenvalue weighted by molar-refractivity contribution is 0.151. The van der Waals surface area contributed by atoms with Crippen molar-refractivity contribution in [1.82, 2.24) is 14.9 Å². The van der Waals surface area contributed by atoms with Crippen molar-refractivity contribution in [3.8, 4) is 0 Å². The van der Waals surface area contributed by atoms with Crippen LogP contribution in [0.15, 0.2) is 12.4 Å². The second-order valence-electron chi connectivity index (χ2n) is 6.95. The molecule has 3 heterocycles. The third-order valence-corrected chi connectivity index (χ3v) is 5.30. The van der Waals surface area contributed by atoms with Crippen molar-refractivity contribution < 1.29 is 0 Å². The molecule has 1 saturated carbocycles. The lowest BCUT2D eigenvalue weighted by Crippen LogP contribution is -2.47. The van der Waals surface area contributed by atoms with Crippen LogP contribution in [0, 0.1) is 12.8 Å². The molecule has 2 saturated heterocycles. The van der Waals surface area contributed by atoms with Crippen LogP contribution >= 0.6 is 0 Å². The first-order valence-electron chi connectivity index (χ1n) is 8.04. The average molecular weight is 272 g/mol. The highest BCUT2D eigenvalue weighted by atomic mass is 15.3. The molecule has 1 aliphatic carbocycles. The van der Waals surface area contributed by atoms with E-state index in [1.54, 1.807) is 0 Å². The highest BCUT2D eigenvalue weighted by molar-refractivity contribution is 5.34. The molecule has 1 aromatic rings. The van der Waals surface area contributed by atoms with Crippen LogP contribution in [0.3, 0.4) is 0 Å². The van der Waals surface area contributed by atoms with Crippen LogP contribution in [0.1, 0.15) is 37.7 Å². The van der Waals surface area contributed by atoms with Gasteiger partial charge in [-0.15, -0.1) is 0 Å². The molecule has 1 atom stereocenters. The number of aromatic nitrogens is 2. The second-order valence-corrected chi connectivity index (χ2v) is 6.95. The minimum Gasteiger partial charge on any atom is -0.339 e. The van der Waals surface area contributed by atoms with Gasteiger partial charge >= 0.3 is 0 Å². The van der Waals surface area contributed by atoms with Gasteiger partial charge in [0.15, 0.2) is 0 Å². The topological polar surface area (TPSA) is 32.3 Å². The first kappa shape index (κ1) is 12.6. The summed E-state index contributed by atoms with van der Waals surface area (Å²) < 4.78 is 0. The van der Waals surface area contributed by atoms with E-state index in [0.717, 1.165) is 30.5 Å². The number of rotatable bonds is 3. The summed E-state index contributed by atoms with van der Waals surface area (Å²) in [7, 11) is 0. The van der Waals surface area contributed by atoms with Crippen LogP contribution in [-0.2, 0) is 0 Å². The molecule has 3 aliphatic rings. The molecule has 0 aromatic carbocycles. The van der Waals surface area contributed by atoms with Gasteiger partial charge in [-0.05, 0) is 57.1 Å². The Morgan fingerprint density at radius 1 is 1.20 bits per heavy atom. The van der Waals surface area contributed by atoms with Gasteiger partial charge in [-0.3, -0.25) is 4.90 Å². The number of hydrogen-bond acceptors (Lipinski definition) is 4. The Bertz CT molecular complexity index is 482.